The highest BCUT2D eigenvalue weighted by atomic mass is 16.8. The molecule has 0 saturated carbocycles. The Kier molecular flexibility index (Phi) is 14.7. The van der Waals surface area contributed by atoms with Crippen molar-refractivity contribution in [2.75, 3.05) is 39.6 Å². The van der Waals surface area contributed by atoms with Crippen LogP contribution in [-0.4, -0.2) is 259 Å². The minimum absolute atomic E-state index is 0.365. The number of ether oxygens (including phenoxy) is 11. The first-order chi connectivity index (χ1) is 26.1. The first-order valence-electron chi connectivity index (χ1n) is 17.6. The molecule has 6 saturated heterocycles. The van der Waals surface area contributed by atoms with Crippen LogP contribution in [0.5, 0.6) is 0 Å². The lowest BCUT2D eigenvalue weighted by Gasteiger charge is -2.45. The highest BCUT2D eigenvalue weighted by Crippen LogP contribution is 2.31. The van der Waals surface area contributed by atoms with E-state index in [4.69, 9.17) is 52.1 Å². The molecule has 0 aromatic rings. The maximum Gasteiger partial charge on any atom is 0.186 e. The van der Waals surface area contributed by atoms with Crippen molar-refractivity contribution in [3.63, 3.8) is 0 Å². The quantitative estimate of drug-likeness (QED) is 0.0974. The van der Waals surface area contributed by atoms with Gasteiger partial charge in [-0.3, -0.25) is 0 Å². The second-order valence-corrected chi connectivity index (χ2v) is 14.1. The van der Waals surface area contributed by atoms with Gasteiger partial charge in [0.05, 0.1) is 39.6 Å². The van der Waals surface area contributed by atoms with Crippen LogP contribution in [0.2, 0.25) is 0 Å². The van der Waals surface area contributed by atoms with E-state index in [2.05, 4.69) is 0 Å². The van der Waals surface area contributed by atoms with Crippen LogP contribution in [0, 0.1) is 0 Å². The molecule has 0 radical (unpaired) electrons. The van der Waals surface area contributed by atoms with Gasteiger partial charge in [-0.05, 0) is 0 Å². The van der Waals surface area contributed by atoms with E-state index in [-0.39, 0.29) is 13.2 Å². The van der Waals surface area contributed by atoms with Gasteiger partial charge < -0.3 is 124 Å². The van der Waals surface area contributed by atoms with Crippen LogP contribution in [-0.2, 0) is 52.1 Å². The average Bonchev–Trinajstić information content (AvgIpc) is 3.16. The summed E-state index contributed by atoms with van der Waals surface area (Å²) in [4.78, 5) is 0. The first kappa shape index (κ1) is 43.6. The van der Waals surface area contributed by atoms with Crippen LogP contribution in [0.15, 0.2) is 0 Å². The SMILES string of the molecule is OC1OC[C@H](O[C@H]2OC[C@H](O[C@H]3OC[C@H](O[C@H]4OC[C@H](O[C@H]5OCC(O[C@H]6OC[C@H](O)[C@@H](O)[C@@H]6O)[C@@H](O)[C@@H]5O)[C@@H](O)[C@@H]4O)[C@@H](O)[C@@H]3O)[C@@H](O)[C@@H]2O)[C@@H](O)[C@@H]1O. The largest absolute Gasteiger partial charge is 0.388 e. The molecule has 55 heavy (non-hydrogen) atoms. The Morgan fingerprint density at radius 3 is 0.800 bits per heavy atom. The van der Waals surface area contributed by atoms with E-state index in [0.717, 1.165) is 0 Å². The highest BCUT2D eigenvalue weighted by molar-refractivity contribution is 4.93. The smallest absolute Gasteiger partial charge is 0.186 e. The molecule has 0 aromatic carbocycles. The average molecular weight is 811 g/mol. The van der Waals surface area contributed by atoms with Crippen molar-refractivity contribution in [2.45, 2.75) is 148 Å². The Balaban J connectivity index is 0.936. The van der Waals surface area contributed by atoms with Crippen LogP contribution in [0.4, 0.5) is 0 Å². The van der Waals surface area contributed by atoms with Gasteiger partial charge in [0.2, 0.25) is 0 Å². The Morgan fingerprint density at radius 2 is 0.491 bits per heavy atom. The summed E-state index contributed by atoms with van der Waals surface area (Å²) in [5, 5.41) is 144. The van der Waals surface area contributed by atoms with E-state index in [9.17, 15) is 71.5 Å². The lowest BCUT2D eigenvalue weighted by atomic mass is 10.0. The van der Waals surface area contributed by atoms with Gasteiger partial charge in [-0.25, -0.2) is 0 Å². The molecule has 6 aliphatic rings. The molecule has 6 aliphatic heterocycles. The zero-order valence-corrected chi connectivity index (χ0v) is 28.9. The first-order valence-corrected chi connectivity index (χ1v) is 17.6. The summed E-state index contributed by atoms with van der Waals surface area (Å²) in [5.41, 5.74) is 0. The molecular formula is C30H50O25. The molecule has 24 atom stereocenters. The van der Waals surface area contributed by atoms with Crippen LogP contribution in [0.1, 0.15) is 0 Å². The van der Waals surface area contributed by atoms with E-state index >= 15 is 0 Å². The van der Waals surface area contributed by atoms with Crippen LogP contribution < -0.4 is 0 Å². The summed E-state index contributed by atoms with van der Waals surface area (Å²) in [7, 11) is 0. The van der Waals surface area contributed by atoms with E-state index in [1.165, 1.54) is 0 Å². The summed E-state index contributed by atoms with van der Waals surface area (Å²) in [5.74, 6) is 0. The molecule has 6 fully saturated rings. The van der Waals surface area contributed by atoms with Crippen molar-refractivity contribution in [3.05, 3.63) is 0 Å². The highest BCUT2D eigenvalue weighted by Gasteiger charge is 2.51. The van der Waals surface area contributed by atoms with Gasteiger partial charge in [-0.15, -0.1) is 0 Å². The monoisotopic (exact) mass is 810 g/mol. The molecule has 320 valence electrons. The van der Waals surface area contributed by atoms with Gasteiger partial charge in [-0.1, -0.05) is 0 Å². The molecule has 25 heteroatoms. The standard InChI is InChI=1S/C30H50O25/c31-7-1-46-26(20(39)13(7)32)52-9-3-48-28(22(41)15(9)34)54-11-5-50-30(24(43)17(11)36)55-12-6-49-29(23(42)18(12)37)53-10-4-47-27(21(40)16(10)35)51-8-2-45-25(44)19(38)14(8)33/h7-44H,1-6H2/t7-,8-,9?,10-,11-,12-,13+,14+,15+,16+,17+,18+,19-,20-,21-,22-,23-,24-,25?,26+,27+,28+,29+,30+/m0/s1. The zero-order valence-electron chi connectivity index (χ0n) is 28.9. The third kappa shape index (κ3) is 9.42. The van der Waals surface area contributed by atoms with Gasteiger partial charge in [0.1, 0.15) is 110 Å². The molecule has 6 rings (SSSR count). The zero-order chi connectivity index (χ0) is 39.9. The Morgan fingerprint density at radius 1 is 0.255 bits per heavy atom. The molecule has 25 nitrogen and oxygen atoms in total. The summed E-state index contributed by atoms with van der Waals surface area (Å²) in [6.07, 6.45) is -37.9. The van der Waals surface area contributed by atoms with Crippen molar-refractivity contribution in [3.8, 4) is 0 Å². The maximum absolute atomic E-state index is 10.8. The van der Waals surface area contributed by atoms with Gasteiger partial charge in [0, 0.05) is 0 Å². The Bertz CT molecular complexity index is 1120. The van der Waals surface area contributed by atoms with Crippen molar-refractivity contribution >= 4 is 0 Å². The fourth-order valence-electron chi connectivity index (χ4n) is 6.69. The minimum Gasteiger partial charge on any atom is -0.388 e. The van der Waals surface area contributed by atoms with Crippen LogP contribution in [0.25, 0.3) is 0 Å². The fourth-order valence-corrected chi connectivity index (χ4v) is 6.69. The normalized spacial score (nSPS) is 54.2. The van der Waals surface area contributed by atoms with E-state index < -0.39 is 174 Å². The predicted octanol–water partition coefficient (Wildman–Crippen LogP) is -10.3. The molecule has 0 amide bonds. The van der Waals surface area contributed by atoms with Gasteiger partial charge >= 0.3 is 0 Å². The van der Waals surface area contributed by atoms with Crippen molar-refractivity contribution in [1.82, 2.24) is 0 Å². The Labute approximate surface area is 311 Å². The van der Waals surface area contributed by atoms with E-state index in [1.54, 1.807) is 0 Å². The fraction of sp³-hybridized carbons (Fsp3) is 1.00. The number of aliphatic hydroxyl groups excluding tert-OH is 14. The Hall–Kier alpha value is -1.00. The molecular weight excluding hydrogens is 760 g/mol. The van der Waals surface area contributed by atoms with Crippen molar-refractivity contribution in [1.29, 1.82) is 0 Å². The second-order valence-electron chi connectivity index (χ2n) is 14.1. The molecule has 0 bridgehead atoms. The summed E-state index contributed by atoms with van der Waals surface area (Å²) >= 11 is 0. The van der Waals surface area contributed by atoms with Crippen LogP contribution >= 0.6 is 0 Å². The molecule has 0 aromatic heterocycles. The lowest BCUT2D eigenvalue weighted by molar-refractivity contribution is -0.365. The topological polar surface area (TPSA) is 385 Å². The number of rotatable bonds is 10. The van der Waals surface area contributed by atoms with Gasteiger partial charge in [-0.2, -0.15) is 0 Å². The van der Waals surface area contributed by atoms with E-state index in [1.807, 2.05) is 0 Å². The van der Waals surface area contributed by atoms with Crippen molar-refractivity contribution in [2.24, 2.45) is 0 Å². The predicted molar refractivity (Wildman–Crippen MR) is 163 cm³/mol. The number of hydrogen-bond donors (Lipinski definition) is 14. The van der Waals surface area contributed by atoms with Crippen molar-refractivity contribution < 1.29 is 124 Å². The molecule has 6 heterocycles. The molecule has 2 unspecified atom stereocenters. The summed E-state index contributed by atoms with van der Waals surface area (Å²) in [6.45, 7) is -2.52. The maximum atomic E-state index is 10.8. The van der Waals surface area contributed by atoms with Gasteiger partial charge in [0.25, 0.3) is 0 Å². The summed E-state index contributed by atoms with van der Waals surface area (Å²) in [6, 6.07) is 0. The third-order valence-corrected chi connectivity index (χ3v) is 10.2. The lowest BCUT2D eigenvalue weighted by Crippen LogP contribution is -2.63. The summed E-state index contributed by atoms with van der Waals surface area (Å²) < 4.78 is 59.4. The van der Waals surface area contributed by atoms with Crippen LogP contribution in [0.3, 0.4) is 0 Å². The second kappa shape index (κ2) is 18.5. The third-order valence-electron chi connectivity index (χ3n) is 10.2. The van der Waals surface area contributed by atoms with E-state index in [0.29, 0.717) is 0 Å². The molecule has 0 aliphatic carbocycles. The number of hydrogen-bond acceptors (Lipinski definition) is 25. The minimum atomic E-state index is -1.83. The van der Waals surface area contributed by atoms with Gasteiger partial charge in [0.15, 0.2) is 37.7 Å². The number of aliphatic hydroxyl groups is 14. The molecule has 0 spiro atoms. The molecule has 14 N–H and O–H groups in total.